The minimum atomic E-state index is -0.408. The lowest BCUT2D eigenvalue weighted by Gasteiger charge is -2.10. The Morgan fingerprint density at radius 3 is 2.25 bits per heavy atom. The third-order valence-corrected chi connectivity index (χ3v) is 4.93. The van der Waals surface area contributed by atoms with Crippen molar-refractivity contribution in [1.82, 2.24) is 5.43 Å². The van der Waals surface area contributed by atoms with Gasteiger partial charge in [0.1, 0.15) is 11.5 Å². The first kappa shape index (κ1) is 22.7. The highest BCUT2D eigenvalue weighted by Gasteiger charge is 2.07. The molecule has 1 amide bonds. The number of carbonyl (C=O) groups excluding carboxylic acids is 1. The molecule has 0 fully saturated rings. The van der Waals surface area contributed by atoms with Crippen molar-refractivity contribution < 1.29 is 14.6 Å². The fraction of sp³-hybridized carbons (Fsp3) is 0.200. The van der Waals surface area contributed by atoms with Crippen molar-refractivity contribution in [3.8, 4) is 11.5 Å². The van der Waals surface area contributed by atoms with Crippen LogP contribution in [0.2, 0.25) is 0 Å². The molecular weight excluding hydrogens is 404 g/mol. The van der Waals surface area contributed by atoms with Gasteiger partial charge in [-0.05, 0) is 80.3 Å². The average molecular weight is 431 g/mol. The Kier molecular flexibility index (Phi) is 7.33. The lowest BCUT2D eigenvalue weighted by molar-refractivity contribution is -0.123. The summed E-state index contributed by atoms with van der Waals surface area (Å²) in [5.41, 5.74) is 8.33. The van der Waals surface area contributed by atoms with Crippen molar-refractivity contribution in [2.75, 3.05) is 6.61 Å². The number of hydrogen-bond acceptors (Lipinski definition) is 6. The number of benzene rings is 3. The smallest absolute Gasteiger partial charge is 0.277 e. The highest BCUT2D eigenvalue weighted by molar-refractivity contribution is 5.86. The molecule has 0 radical (unpaired) electrons. The number of phenolic OH excluding ortho intramolecular Hbond substituents is 1. The molecule has 2 N–H and O–H groups in total. The minimum Gasteiger partial charge on any atom is -0.507 e. The van der Waals surface area contributed by atoms with Gasteiger partial charge in [-0.1, -0.05) is 24.3 Å². The maximum atomic E-state index is 12.0. The number of para-hydroxylation sites is 1. The fourth-order valence-electron chi connectivity index (χ4n) is 2.98. The van der Waals surface area contributed by atoms with E-state index in [2.05, 4.69) is 20.8 Å². The number of nitrogens with zero attached hydrogens (tertiary/aromatic N) is 3. The molecule has 164 valence electrons. The molecular formula is C25H26N4O3. The molecule has 0 aliphatic rings. The summed E-state index contributed by atoms with van der Waals surface area (Å²) in [4.78, 5) is 12.0. The molecule has 3 rings (SSSR count). The standard InChI is InChI=1S/C25H26N4O3/c1-16-8-9-21(12-19(16)4)27-28-22-10-11-23(30)20(13-22)14-26-29-24(31)15-32-25-17(2)6-5-7-18(25)3/h5-14,30H,15H2,1-4H3,(H,29,31)/b26-14+,28-27?. The zero-order valence-electron chi connectivity index (χ0n) is 18.6. The number of amides is 1. The van der Waals surface area contributed by atoms with E-state index >= 15 is 0 Å². The van der Waals surface area contributed by atoms with E-state index in [-0.39, 0.29) is 12.4 Å². The number of hydrogen-bond donors (Lipinski definition) is 2. The maximum Gasteiger partial charge on any atom is 0.277 e. The summed E-state index contributed by atoms with van der Waals surface area (Å²) in [6.45, 7) is 7.73. The number of carbonyl (C=O) groups is 1. The van der Waals surface area contributed by atoms with Gasteiger partial charge in [-0.25, -0.2) is 5.43 Å². The zero-order valence-corrected chi connectivity index (χ0v) is 18.6. The largest absolute Gasteiger partial charge is 0.507 e. The van der Waals surface area contributed by atoms with Crippen molar-refractivity contribution in [1.29, 1.82) is 0 Å². The second-order valence-electron chi connectivity index (χ2n) is 7.51. The Bertz CT molecular complexity index is 1170. The van der Waals surface area contributed by atoms with E-state index < -0.39 is 5.91 Å². The van der Waals surface area contributed by atoms with Crippen LogP contribution in [0.25, 0.3) is 0 Å². The second kappa shape index (κ2) is 10.3. The van der Waals surface area contributed by atoms with E-state index in [0.717, 1.165) is 22.4 Å². The first-order valence-electron chi connectivity index (χ1n) is 10.2. The summed E-state index contributed by atoms with van der Waals surface area (Å²) in [6.07, 6.45) is 1.35. The van der Waals surface area contributed by atoms with Gasteiger partial charge < -0.3 is 9.84 Å². The van der Waals surface area contributed by atoms with Gasteiger partial charge in [0.15, 0.2) is 6.61 Å². The van der Waals surface area contributed by atoms with Crippen molar-refractivity contribution in [2.24, 2.45) is 15.3 Å². The molecule has 0 atom stereocenters. The van der Waals surface area contributed by atoms with Crippen LogP contribution in [0.5, 0.6) is 11.5 Å². The van der Waals surface area contributed by atoms with E-state index in [1.807, 2.05) is 64.1 Å². The second-order valence-corrected chi connectivity index (χ2v) is 7.51. The molecule has 0 bridgehead atoms. The van der Waals surface area contributed by atoms with Gasteiger partial charge in [0.25, 0.3) is 5.91 Å². The number of ether oxygens (including phenoxy) is 1. The number of aromatic hydroxyl groups is 1. The Hall–Kier alpha value is -4.00. The van der Waals surface area contributed by atoms with Crippen LogP contribution in [-0.2, 0) is 4.79 Å². The van der Waals surface area contributed by atoms with Crippen molar-refractivity contribution in [3.63, 3.8) is 0 Å². The van der Waals surface area contributed by atoms with E-state index in [1.54, 1.807) is 12.1 Å². The van der Waals surface area contributed by atoms with Gasteiger partial charge >= 0.3 is 0 Å². The molecule has 7 heteroatoms. The van der Waals surface area contributed by atoms with E-state index in [4.69, 9.17) is 4.74 Å². The molecule has 0 aromatic heterocycles. The molecule has 0 saturated carbocycles. The number of nitrogens with one attached hydrogen (secondary N) is 1. The molecule has 32 heavy (non-hydrogen) atoms. The van der Waals surface area contributed by atoms with Crippen molar-refractivity contribution in [2.45, 2.75) is 27.7 Å². The zero-order chi connectivity index (χ0) is 23.1. The molecule has 0 unspecified atom stereocenters. The van der Waals surface area contributed by atoms with Crippen LogP contribution < -0.4 is 10.2 Å². The molecule has 0 aliphatic heterocycles. The summed E-state index contributed by atoms with van der Waals surface area (Å²) < 4.78 is 5.60. The molecule has 3 aromatic rings. The number of azo groups is 1. The number of phenols is 1. The number of aryl methyl sites for hydroxylation is 4. The molecule has 3 aromatic carbocycles. The van der Waals surface area contributed by atoms with Crippen molar-refractivity contribution >= 4 is 23.5 Å². The summed E-state index contributed by atoms with van der Waals surface area (Å²) in [7, 11) is 0. The van der Waals surface area contributed by atoms with Crippen LogP contribution in [0.1, 0.15) is 27.8 Å². The molecule has 0 aliphatic carbocycles. The van der Waals surface area contributed by atoms with Gasteiger partial charge in [0, 0.05) is 5.56 Å². The Labute approximate surface area is 187 Å². The molecule has 0 spiro atoms. The van der Waals surface area contributed by atoms with Gasteiger partial charge in [0.05, 0.1) is 17.6 Å². The van der Waals surface area contributed by atoms with Crippen LogP contribution in [0.3, 0.4) is 0 Å². The Morgan fingerprint density at radius 1 is 0.906 bits per heavy atom. The van der Waals surface area contributed by atoms with Gasteiger partial charge in [0.2, 0.25) is 0 Å². The maximum absolute atomic E-state index is 12.0. The third kappa shape index (κ3) is 6.01. The van der Waals surface area contributed by atoms with Crippen LogP contribution in [0, 0.1) is 27.7 Å². The average Bonchev–Trinajstić information content (AvgIpc) is 2.76. The monoisotopic (exact) mass is 430 g/mol. The van der Waals surface area contributed by atoms with Crippen molar-refractivity contribution in [3.05, 3.63) is 82.4 Å². The predicted molar refractivity (Wildman–Crippen MR) is 125 cm³/mol. The highest BCUT2D eigenvalue weighted by atomic mass is 16.5. The van der Waals surface area contributed by atoms with Crippen LogP contribution >= 0.6 is 0 Å². The fourth-order valence-corrected chi connectivity index (χ4v) is 2.98. The quantitative estimate of drug-likeness (QED) is 0.291. The normalized spacial score (nSPS) is 11.2. The first-order valence-corrected chi connectivity index (χ1v) is 10.2. The van der Waals surface area contributed by atoms with E-state index in [9.17, 15) is 9.90 Å². The molecule has 0 heterocycles. The summed E-state index contributed by atoms with van der Waals surface area (Å²) >= 11 is 0. The van der Waals surface area contributed by atoms with Gasteiger partial charge in [-0.2, -0.15) is 15.3 Å². The molecule has 0 saturated heterocycles. The number of hydrazone groups is 1. The SMILES string of the molecule is Cc1ccc(N=Nc2ccc(O)c(/C=N/NC(=O)COc3c(C)cccc3C)c2)cc1C. The Balaban J connectivity index is 1.61. The van der Waals surface area contributed by atoms with Gasteiger partial charge in [-0.3, -0.25) is 4.79 Å². The first-order chi connectivity index (χ1) is 15.3. The summed E-state index contributed by atoms with van der Waals surface area (Å²) in [6, 6.07) is 16.4. The molecule has 7 nitrogen and oxygen atoms in total. The van der Waals surface area contributed by atoms with Crippen LogP contribution in [-0.4, -0.2) is 23.8 Å². The summed E-state index contributed by atoms with van der Waals surface area (Å²) in [5, 5.41) is 22.4. The van der Waals surface area contributed by atoms with Crippen LogP contribution in [0.4, 0.5) is 11.4 Å². The van der Waals surface area contributed by atoms with Gasteiger partial charge in [-0.15, -0.1) is 0 Å². The number of rotatable bonds is 7. The lowest BCUT2D eigenvalue weighted by atomic mass is 10.1. The topological polar surface area (TPSA) is 95.6 Å². The lowest BCUT2D eigenvalue weighted by Crippen LogP contribution is -2.25. The highest BCUT2D eigenvalue weighted by Crippen LogP contribution is 2.25. The summed E-state index contributed by atoms with van der Waals surface area (Å²) in [5.74, 6) is 0.292. The Morgan fingerprint density at radius 2 is 1.56 bits per heavy atom. The minimum absolute atomic E-state index is 0.0138. The van der Waals surface area contributed by atoms with E-state index in [0.29, 0.717) is 17.0 Å². The predicted octanol–water partition coefficient (Wildman–Crippen LogP) is 5.57. The third-order valence-electron chi connectivity index (χ3n) is 4.93. The van der Waals surface area contributed by atoms with E-state index in [1.165, 1.54) is 17.8 Å². The van der Waals surface area contributed by atoms with Crippen LogP contribution in [0.15, 0.2) is 69.9 Å².